The largest absolute Gasteiger partial charge is 0.498 e. The average Bonchev–Trinajstić information content (AvgIpc) is 3.61. The second kappa shape index (κ2) is 11.8. The van der Waals surface area contributed by atoms with E-state index in [4.69, 9.17) is 4.74 Å². The Morgan fingerprint density at radius 3 is 2.79 bits per heavy atom. The van der Waals surface area contributed by atoms with E-state index in [-0.39, 0.29) is 5.78 Å². The number of carbonyl (C=O) groups is 1. The summed E-state index contributed by atoms with van der Waals surface area (Å²) in [4.78, 5) is 22.3. The molecule has 0 spiro atoms. The number of Topliss-reactive ketones (excluding diaryl/α,β-unsaturated/α-hetero) is 1. The minimum Gasteiger partial charge on any atom is -0.498 e. The Bertz CT molecular complexity index is 1290. The smallest absolute Gasteiger partial charge is 0.195 e. The molecule has 1 saturated heterocycles. The second-order valence-electron chi connectivity index (χ2n) is 10.1. The quantitative estimate of drug-likeness (QED) is 0.400. The molecule has 3 heterocycles. The first-order chi connectivity index (χ1) is 18.5. The highest BCUT2D eigenvalue weighted by atomic mass is 16.5. The van der Waals surface area contributed by atoms with Gasteiger partial charge in [-0.3, -0.25) is 14.9 Å². The molecule has 0 bridgehead atoms. The van der Waals surface area contributed by atoms with E-state index in [9.17, 15) is 4.79 Å². The van der Waals surface area contributed by atoms with Crippen molar-refractivity contribution in [2.45, 2.75) is 58.8 Å². The molecule has 0 radical (unpaired) electrons. The van der Waals surface area contributed by atoms with E-state index in [1.807, 2.05) is 38.2 Å². The first kappa shape index (κ1) is 25.9. The van der Waals surface area contributed by atoms with Crippen molar-refractivity contribution in [1.82, 2.24) is 25.9 Å². The first-order valence-electron chi connectivity index (χ1n) is 13.6. The molecule has 0 saturated carbocycles. The Hall–Kier alpha value is -3.72. The number of ketones is 1. The van der Waals surface area contributed by atoms with Crippen LogP contribution in [0, 0.1) is 0 Å². The molecule has 0 unspecified atom stereocenters. The van der Waals surface area contributed by atoms with Crippen molar-refractivity contribution in [1.29, 1.82) is 0 Å². The highest BCUT2D eigenvalue weighted by molar-refractivity contribution is 6.15. The number of carbonyl (C=O) groups excluding carboxylic acids is 1. The highest BCUT2D eigenvalue weighted by Gasteiger charge is 2.34. The van der Waals surface area contributed by atoms with Gasteiger partial charge in [-0.2, -0.15) is 5.10 Å². The SMILES string of the molecule is C=C(NC(/C=C\C)=C1/Cc2[nH]nc(C3=CC=C(OCCC4=NC(C)=NC4)CC3)c2C1=O)NN1CCCCC1. The molecule has 1 aromatic heterocycles. The Balaban J connectivity index is 1.25. The first-order valence-corrected chi connectivity index (χ1v) is 13.6. The lowest BCUT2D eigenvalue weighted by atomic mass is 9.97. The molecule has 0 aromatic carbocycles. The number of fused-ring (bicyclic) bond motifs is 1. The van der Waals surface area contributed by atoms with E-state index in [1.165, 1.54) is 19.3 Å². The van der Waals surface area contributed by atoms with Crippen molar-refractivity contribution >= 4 is 22.9 Å². The minimum atomic E-state index is 0.0110. The summed E-state index contributed by atoms with van der Waals surface area (Å²) in [5, 5.41) is 13.2. The number of hydrogen-bond donors (Lipinski definition) is 3. The van der Waals surface area contributed by atoms with Crippen LogP contribution in [-0.2, 0) is 11.2 Å². The molecule has 38 heavy (non-hydrogen) atoms. The summed E-state index contributed by atoms with van der Waals surface area (Å²) in [5.74, 6) is 2.47. The maximum Gasteiger partial charge on any atom is 0.195 e. The predicted molar refractivity (Wildman–Crippen MR) is 151 cm³/mol. The van der Waals surface area contributed by atoms with Crippen LogP contribution in [0.1, 0.15) is 74.1 Å². The lowest BCUT2D eigenvalue weighted by Gasteiger charge is -2.29. The summed E-state index contributed by atoms with van der Waals surface area (Å²) in [6.45, 7) is 11.3. The number of hydrogen-bond acceptors (Lipinski definition) is 8. The maximum absolute atomic E-state index is 13.6. The van der Waals surface area contributed by atoms with Crippen LogP contribution >= 0.6 is 0 Å². The summed E-state index contributed by atoms with van der Waals surface area (Å²) in [5.41, 5.74) is 9.24. The van der Waals surface area contributed by atoms with E-state index < -0.39 is 0 Å². The van der Waals surface area contributed by atoms with Gasteiger partial charge in [0.15, 0.2) is 5.78 Å². The summed E-state index contributed by atoms with van der Waals surface area (Å²) >= 11 is 0. The normalized spacial score (nSPS) is 21.1. The molecule has 0 amide bonds. The number of aromatic nitrogens is 2. The Morgan fingerprint density at radius 2 is 2.08 bits per heavy atom. The lowest BCUT2D eigenvalue weighted by molar-refractivity contribution is 0.103. The zero-order valence-electron chi connectivity index (χ0n) is 22.4. The number of rotatable bonds is 10. The van der Waals surface area contributed by atoms with Crippen molar-refractivity contribution < 1.29 is 9.53 Å². The third kappa shape index (κ3) is 5.88. The Labute approximate surface area is 224 Å². The summed E-state index contributed by atoms with van der Waals surface area (Å²) in [7, 11) is 0. The number of aliphatic imine (C=N–C) groups is 2. The van der Waals surface area contributed by atoms with E-state index in [2.05, 4.69) is 42.5 Å². The van der Waals surface area contributed by atoms with Crippen LogP contribution in [0.25, 0.3) is 5.57 Å². The van der Waals surface area contributed by atoms with E-state index in [1.54, 1.807) is 0 Å². The predicted octanol–water partition coefficient (Wildman–Crippen LogP) is 4.37. The second-order valence-corrected chi connectivity index (χ2v) is 10.1. The topological polar surface area (TPSA) is 107 Å². The third-order valence-electron chi connectivity index (χ3n) is 7.19. The van der Waals surface area contributed by atoms with Crippen molar-refractivity contribution in [2.24, 2.45) is 9.98 Å². The number of nitrogens with one attached hydrogen (secondary N) is 3. The molecule has 4 aliphatic rings. The van der Waals surface area contributed by atoms with Gasteiger partial charge in [0.2, 0.25) is 0 Å². The molecular weight excluding hydrogens is 478 g/mol. The molecule has 200 valence electrons. The lowest BCUT2D eigenvalue weighted by Crippen LogP contribution is -2.43. The van der Waals surface area contributed by atoms with Gasteiger partial charge in [-0.25, -0.2) is 10.0 Å². The van der Waals surface area contributed by atoms with Crippen LogP contribution in [0.2, 0.25) is 0 Å². The third-order valence-corrected chi connectivity index (χ3v) is 7.19. The number of allylic oxidation sites excluding steroid dienone is 7. The molecule has 5 rings (SSSR count). The zero-order valence-corrected chi connectivity index (χ0v) is 22.4. The van der Waals surface area contributed by atoms with Crippen LogP contribution in [-0.4, -0.2) is 58.8 Å². The number of nitrogens with zero attached hydrogens (tertiary/aromatic N) is 4. The maximum atomic E-state index is 13.6. The van der Waals surface area contributed by atoms with Gasteiger partial charge in [-0.05, 0) is 50.8 Å². The minimum absolute atomic E-state index is 0.0110. The van der Waals surface area contributed by atoms with E-state index >= 15 is 0 Å². The van der Waals surface area contributed by atoms with E-state index in [0.717, 1.165) is 77.9 Å². The van der Waals surface area contributed by atoms with Crippen LogP contribution < -0.4 is 10.7 Å². The molecule has 0 atom stereocenters. The van der Waals surface area contributed by atoms with E-state index in [0.29, 0.717) is 31.0 Å². The van der Waals surface area contributed by atoms with Crippen molar-refractivity contribution in [2.75, 3.05) is 26.2 Å². The molecule has 3 N–H and O–H groups in total. The molecule has 9 heteroatoms. The van der Waals surface area contributed by atoms with Gasteiger partial charge in [0.05, 0.1) is 35.9 Å². The van der Waals surface area contributed by atoms with Crippen LogP contribution in [0.5, 0.6) is 0 Å². The van der Waals surface area contributed by atoms with Gasteiger partial charge >= 0.3 is 0 Å². The monoisotopic (exact) mass is 515 g/mol. The molecule has 2 aliphatic heterocycles. The molecule has 1 fully saturated rings. The van der Waals surface area contributed by atoms with Crippen LogP contribution in [0.3, 0.4) is 0 Å². The van der Waals surface area contributed by atoms with Gasteiger partial charge < -0.3 is 15.5 Å². The van der Waals surface area contributed by atoms with Crippen LogP contribution in [0.4, 0.5) is 0 Å². The molecule has 2 aliphatic carbocycles. The van der Waals surface area contributed by atoms with Crippen molar-refractivity contribution in [3.8, 4) is 0 Å². The van der Waals surface area contributed by atoms with Crippen molar-refractivity contribution in [3.05, 3.63) is 70.7 Å². The molecular formula is C29H37N7O2. The standard InChI is InChI=1S/C29H37N7O2/c1-4-8-25(32-20(3)35-36-14-6-5-7-15-36)24-17-26-27(29(24)37)28(34-33-26)21-9-11-23(12-10-21)38-16-13-22-18-30-19(2)31-22/h4,8-9,11,32,35H,3,5-7,10,12-18H2,1-2H3,(H,33,34)/b8-4-,25-24-. The number of amidine groups is 1. The molecule has 1 aromatic rings. The fraction of sp³-hybridized carbons (Fsp3) is 0.448. The fourth-order valence-corrected chi connectivity index (χ4v) is 5.26. The number of ether oxygens (including phenoxy) is 1. The van der Waals surface area contributed by atoms with Crippen LogP contribution in [0.15, 0.2) is 63.7 Å². The Morgan fingerprint density at radius 1 is 1.24 bits per heavy atom. The van der Waals surface area contributed by atoms with Gasteiger partial charge in [0, 0.05) is 49.3 Å². The number of aromatic amines is 1. The summed E-state index contributed by atoms with van der Waals surface area (Å²) in [6.07, 6.45) is 14.4. The van der Waals surface area contributed by atoms with Gasteiger partial charge in [-0.1, -0.05) is 25.2 Å². The molecule has 9 nitrogen and oxygen atoms in total. The van der Waals surface area contributed by atoms with Crippen molar-refractivity contribution in [3.63, 3.8) is 0 Å². The number of piperidine rings is 1. The average molecular weight is 516 g/mol. The summed E-state index contributed by atoms with van der Waals surface area (Å²) < 4.78 is 5.97. The zero-order chi connectivity index (χ0) is 26.5. The van der Waals surface area contributed by atoms with Gasteiger partial charge in [0.1, 0.15) is 11.7 Å². The number of hydrazine groups is 1. The van der Waals surface area contributed by atoms with Gasteiger partial charge in [0.25, 0.3) is 0 Å². The summed E-state index contributed by atoms with van der Waals surface area (Å²) in [6, 6.07) is 0. The van der Waals surface area contributed by atoms with Gasteiger partial charge in [-0.15, -0.1) is 0 Å². The highest BCUT2D eigenvalue weighted by Crippen LogP contribution is 2.35. The fourth-order valence-electron chi connectivity index (χ4n) is 5.26. The number of H-pyrrole nitrogens is 1. The Kier molecular flexibility index (Phi) is 8.03.